The minimum atomic E-state index is 0.494. The fraction of sp³-hybridized carbons (Fsp3) is 0.133. The standard InChI is InChI=1S/C15H12Cl2N4S/c1-21-14(11-4-2-3-5-12(11)16)19-20-15(21)22-9-10-6-7-13(17)18-8-10/h2-8H,9H2,1H3. The van der Waals surface area contributed by atoms with Crippen molar-refractivity contribution in [1.29, 1.82) is 0 Å². The highest BCUT2D eigenvalue weighted by Gasteiger charge is 2.13. The lowest BCUT2D eigenvalue weighted by Crippen LogP contribution is -1.95. The van der Waals surface area contributed by atoms with Crippen LogP contribution in [-0.4, -0.2) is 19.7 Å². The number of benzene rings is 1. The van der Waals surface area contributed by atoms with Gasteiger partial charge in [-0.25, -0.2) is 4.98 Å². The van der Waals surface area contributed by atoms with Crippen LogP contribution in [0.4, 0.5) is 0 Å². The average molecular weight is 351 g/mol. The molecule has 0 radical (unpaired) electrons. The maximum absolute atomic E-state index is 6.22. The van der Waals surface area contributed by atoms with Crippen LogP contribution in [0, 0.1) is 0 Å². The van der Waals surface area contributed by atoms with Crippen molar-refractivity contribution in [3.63, 3.8) is 0 Å². The number of hydrogen-bond donors (Lipinski definition) is 0. The lowest BCUT2D eigenvalue weighted by Gasteiger charge is -2.05. The third kappa shape index (κ3) is 3.27. The van der Waals surface area contributed by atoms with E-state index in [1.165, 1.54) is 0 Å². The molecule has 0 amide bonds. The van der Waals surface area contributed by atoms with Gasteiger partial charge in [-0.15, -0.1) is 10.2 Å². The molecule has 2 aromatic heterocycles. The zero-order chi connectivity index (χ0) is 15.5. The fourth-order valence-electron chi connectivity index (χ4n) is 1.96. The molecular weight excluding hydrogens is 339 g/mol. The van der Waals surface area contributed by atoms with Gasteiger partial charge >= 0.3 is 0 Å². The van der Waals surface area contributed by atoms with Crippen LogP contribution in [-0.2, 0) is 12.8 Å². The number of aromatic nitrogens is 4. The van der Waals surface area contributed by atoms with E-state index in [2.05, 4.69) is 15.2 Å². The highest BCUT2D eigenvalue weighted by atomic mass is 35.5. The smallest absolute Gasteiger partial charge is 0.191 e. The molecule has 112 valence electrons. The van der Waals surface area contributed by atoms with Gasteiger partial charge in [0.15, 0.2) is 11.0 Å². The van der Waals surface area contributed by atoms with E-state index in [0.29, 0.717) is 10.2 Å². The van der Waals surface area contributed by atoms with Crippen LogP contribution in [0.2, 0.25) is 10.2 Å². The van der Waals surface area contributed by atoms with Crippen molar-refractivity contribution in [3.8, 4) is 11.4 Å². The maximum Gasteiger partial charge on any atom is 0.191 e. The summed E-state index contributed by atoms with van der Waals surface area (Å²) in [5, 5.41) is 10.5. The Balaban J connectivity index is 1.79. The maximum atomic E-state index is 6.22. The molecule has 4 nitrogen and oxygen atoms in total. The van der Waals surface area contributed by atoms with Crippen LogP contribution in [0.3, 0.4) is 0 Å². The second-order valence-electron chi connectivity index (χ2n) is 4.62. The Morgan fingerprint density at radius 2 is 1.91 bits per heavy atom. The summed E-state index contributed by atoms with van der Waals surface area (Å²) in [6.07, 6.45) is 1.76. The second kappa shape index (κ2) is 6.69. The molecule has 1 aromatic carbocycles. The molecule has 0 bridgehead atoms. The number of nitrogens with zero attached hydrogens (tertiary/aromatic N) is 4. The molecule has 0 unspecified atom stereocenters. The van der Waals surface area contributed by atoms with Gasteiger partial charge < -0.3 is 4.57 Å². The first kappa shape index (κ1) is 15.3. The number of halogens is 2. The third-order valence-electron chi connectivity index (χ3n) is 3.11. The van der Waals surface area contributed by atoms with E-state index in [0.717, 1.165) is 27.9 Å². The summed E-state index contributed by atoms with van der Waals surface area (Å²) in [7, 11) is 1.93. The molecule has 0 aliphatic heterocycles. The van der Waals surface area contributed by atoms with Gasteiger partial charge in [0, 0.05) is 24.6 Å². The predicted octanol–water partition coefficient (Wildman–Crippen LogP) is 4.48. The summed E-state index contributed by atoms with van der Waals surface area (Å²) in [6.45, 7) is 0. The first-order chi connectivity index (χ1) is 10.6. The van der Waals surface area contributed by atoms with Crippen LogP contribution in [0.25, 0.3) is 11.4 Å². The predicted molar refractivity (Wildman–Crippen MR) is 90.3 cm³/mol. The molecule has 0 aliphatic rings. The summed E-state index contributed by atoms with van der Waals surface area (Å²) in [5.41, 5.74) is 1.95. The number of hydrogen-bond acceptors (Lipinski definition) is 4. The summed E-state index contributed by atoms with van der Waals surface area (Å²) in [6, 6.07) is 11.3. The molecule has 0 fully saturated rings. The molecule has 3 rings (SSSR count). The highest BCUT2D eigenvalue weighted by molar-refractivity contribution is 7.98. The van der Waals surface area contributed by atoms with Gasteiger partial charge in [0.1, 0.15) is 5.15 Å². The normalized spacial score (nSPS) is 10.9. The van der Waals surface area contributed by atoms with Gasteiger partial charge in [0.05, 0.1) is 5.02 Å². The molecular formula is C15H12Cl2N4S. The lowest BCUT2D eigenvalue weighted by atomic mass is 10.2. The lowest BCUT2D eigenvalue weighted by molar-refractivity contribution is 0.794. The topological polar surface area (TPSA) is 43.6 Å². The minimum Gasteiger partial charge on any atom is -0.305 e. The van der Waals surface area contributed by atoms with Crippen molar-refractivity contribution >= 4 is 35.0 Å². The summed E-state index contributed by atoms with van der Waals surface area (Å²) in [4.78, 5) is 4.07. The molecule has 0 N–H and O–H groups in total. The van der Waals surface area contributed by atoms with E-state index in [9.17, 15) is 0 Å². The fourth-order valence-corrected chi connectivity index (χ4v) is 3.13. The summed E-state index contributed by atoms with van der Waals surface area (Å²) >= 11 is 13.6. The molecule has 22 heavy (non-hydrogen) atoms. The van der Waals surface area contributed by atoms with Gasteiger partial charge in [-0.2, -0.15) is 0 Å². The SMILES string of the molecule is Cn1c(SCc2ccc(Cl)nc2)nnc1-c1ccccc1Cl. The van der Waals surface area contributed by atoms with Crippen LogP contribution in [0.1, 0.15) is 5.56 Å². The van der Waals surface area contributed by atoms with Crippen molar-refractivity contribution in [2.75, 3.05) is 0 Å². The zero-order valence-electron chi connectivity index (χ0n) is 11.7. The van der Waals surface area contributed by atoms with Gasteiger partial charge in [-0.3, -0.25) is 0 Å². The van der Waals surface area contributed by atoms with E-state index in [-0.39, 0.29) is 0 Å². The molecule has 7 heteroatoms. The van der Waals surface area contributed by atoms with Crippen LogP contribution in [0.15, 0.2) is 47.8 Å². The quantitative estimate of drug-likeness (QED) is 0.514. The monoisotopic (exact) mass is 350 g/mol. The highest BCUT2D eigenvalue weighted by Crippen LogP contribution is 2.29. The minimum absolute atomic E-state index is 0.494. The Bertz CT molecular complexity index is 786. The molecule has 0 saturated carbocycles. The van der Waals surface area contributed by atoms with Crippen molar-refractivity contribution in [1.82, 2.24) is 19.7 Å². The van der Waals surface area contributed by atoms with Crippen molar-refractivity contribution in [3.05, 3.63) is 58.3 Å². The average Bonchev–Trinajstić information content (AvgIpc) is 2.88. The Morgan fingerprint density at radius 3 is 2.64 bits per heavy atom. The van der Waals surface area contributed by atoms with Crippen molar-refractivity contribution in [2.45, 2.75) is 10.9 Å². The Labute approximate surface area is 142 Å². The van der Waals surface area contributed by atoms with E-state index >= 15 is 0 Å². The van der Waals surface area contributed by atoms with Gasteiger partial charge in [-0.1, -0.05) is 53.2 Å². The third-order valence-corrected chi connectivity index (χ3v) is 4.75. The molecule has 0 saturated heterocycles. The van der Waals surface area contributed by atoms with E-state index in [1.54, 1.807) is 24.0 Å². The molecule has 0 atom stereocenters. The Morgan fingerprint density at radius 1 is 1.09 bits per heavy atom. The van der Waals surface area contributed by atoms with Crippen molar-refractivity contribution in [2.24, 2.45) is 7.05 Å². The first-order valence-corrected chi connectivity index (χ1v) is 8.27. The van der Waals surface area contributed by atoms with Crippen LogP contribution >= 0.6 is 35.0 Å². The van der Waals surface area contributed by atoms with Gasteiger partial charge in [0.25, 0.3) is 0 Å². The Kier molecular flexibility index (Phi) is 4.66. The van der Waals surface area contributed by atoms with Crippen LogP contribution < -0.4 is 0 Å². The van der Waals surface area contributed by atoms with Gasteiger partial charge in [-0.05, 0) is 23.8 Å². The van der Waals surface area contributed by atoms with Crippen molar-refractivity contribution < 1.29 is 0 Å². The molecule has 0 aliphatic carbocycles. The summed E-state index contributed by atoms with van der Waals surface area (Å²) in [5.74, 6) is 1.50. The van der Waals surface area contributed by atoms with E-state index in [1.807, 2.05) is 41.9 Å². The zero-order valence-corrected chi connectivity index (χ0v) is 14.0. The Hall–Kier alpha value is -1.56. The largest absolute Gasteiger partial charge is 0.305 e. The van der Waals surface area contributed by atoms with E-state index in [4.69, 9.17) is 23.2 Å². The number of rotatable bonds is 4. The van der Waals surface area contributed by atoms with Crippen LogP contribution in [0.5, 0.6) is 0 Å². The number of thioether (sulfide) groups is 1. The van der Waals surface area contributed by atoms with E-state index < -0.39 is 0 Å². The summed E-state index contributed by atoms with van der Waals surface area (Å²) < 4.78 is 1.94. The first-order valence-electron chi connectivity index (χ1n) is 6.52. The second-order valence-corrected chi connectivity index (χ2v) is 6.36. The molecule has 0 spiro atoms. The molecule has 3 aromatic rings. The molecule has 2 heterocycles. The van der Waals surface area contributed by atoms with Gasteiger partial charge in [0.2, 0.25) is 0 Å². The number of pyridine rings is 1.